The van der Waals surface area contributed by atoms with Gasteiger partial charge in [0.25, 0.3) is 5.91 Å². The van der Waals surface area contributed by atoms with Gasteiger partial charge >= 0.3 is 0 Å². The maximum absolute atomic E-state index is 12.2. The van der Waals surface area contributed by atoms with Gasteiger partial charge in [0.05, 0.1) is 13.2 Å². The highest BCUT2D eigenvalue weighted by Gasteiger charge is 2.07. The first-order chi connectivity index (χ1) is 14.5. The molecule has 0 saturated heterocycles. The van der Waals surface area contributed by atoms with Crippen LogP contribution in [0.1, 0.15) is 30.6 Å². The zero-order chi connectivity index (χ0) is 21.8. The first kappa shape index (κ1) is 23.2. The summed E-state index contributed by atoms with van der Waals surface area (Å²) < 4.78 is 10.6. The van der Waals surface area contributed by atoms with Crippen molar-refractivity contribution in [1.29, 1.82) is 0 Å². The Hall–Kier alpha value is -3.06. The summed E-state index contributed by atoms with van der Waals surface area (Å²) in [6.07, 6.45) is 0.768. The van der Waals surface area contributed by atoms with Gasteiger partial charge in [0.1, 0.15) is 5.75 Å². The minimum Gasteiger partial charge on any atom is -0.493 e. The molecule has 30 heavy (non-hydrogen) atoms. The predicted molar refractivity (Wildman–Crippen MR) is 119 cm³/mol. The van der Waals surface area contributed by atoms with Crippen molar-refractivity contribution in [1.82, 2.24) is 5.32 Å². The highest BCUT2D eigenvalue weighted by Crippen LogP contribution is 2.18. The van der Waals surface area contributed by atoms with E-state index in [0.29, 0.717) is 36.9 Å². The summed E-state index contributed by atoms with van der Waals surface area (Å²) in [5.74, 6) is 0.858. The average molecular weight is 414 g/mol. The smallest absolute Gasteiger partial charge is 0.251 e. The minimum atomic E-state index is -0.170. The highest BCUT2D eigenvalue weighted by molar-refractivity contribution is 5.95. The lowest BCUT2D eigenvalue weighted by atomic mass is 10.2. The van der Waals surface area contributed by atoms with Gasteiger partial charge in [-0.2, -0.15) is 0 Å². The number of carbonyl (C=O) groups is 2. The van der Waals surface area contributed by atoms with Gasteiger partial charge in [0.15, 0.2) is 0 Å². The molecule has 0 radical (unpaired) electrons. The lowest BCUT2D eigenvalue weighted by molar-refractivity contribution is -0.114. The van der Waals surface area contributed by atoms with E-state index in [1.807, 2.05) is 18.2 Å². The van der Waals surface area contributed by atoms with Crippen LogP contribution in [-0.2, 0) is 9.53 Å². The lowest BCUT2D eigenvalue weighted by Gasteiger charge is -2.11. The van der Waals surface area contributed by atoms with E-state index in [0.717, 1.165) is 17.9 Å². The molecule has 0 unspecified atom stereocenters. The van der Waals surface area contributed by atoms with E-state index in [-0.39, 0.29) is 18.4 Å². The van der Waals surface area contributed by atoms with Crippen LogP contribution in [-0.4, -0.2) is 45.2 Å². The molecule has 2 rings (SSSR count). The monoisotopic (exact) mass is 413 g/mol. The van der Waals surface area contributed by atoms with Gasteiger partial charge in [-0.1, -0.05) is 19.9 Å². The maximum atomic E-state index is 12.2. The summed E-state index contributed by atoms with van der Waals surface area (Å²) in [5.41, 5.74) is 2.01. The van der Waals surface area contributed by atoms with Crippen LogP contribution in [0.25, 0.3) is 0 Å². The molecule has 0 aromatic heterocycles. The predicted octanol–water partition coefficient (Wildman–Crippen LogP) is 3.54. The van der Waals surface area contributed by atoms with E-state index in [4.69, 9.17) is 9.47 Å². The van der Waals surface area contributed by atoms with Crippen LogP contribution in [0.2, 0.25) is 0 Å². The van der Waals surface area contributed by atoms with Crippen LogP contribution in [0.3, 0.4) is 0 Å². The molecule has 7 heteroatoms. The van der Waals surface area contributed by atoms with E-state index in [1.54, 1.807) is 37.4 Å². The molecule has 7 nitrogen and oxygen atoms in total. The molecule has 3 N–H and O–H groups in total. The summed E-state index contributed by atoms with van der Waals surface area (Å²) >= 11 is 0. The van der Waals surface area contributed by atoms with Crippen LogP contribution < -0.4 is 20.7 Å². The Labute approximate surface area is 178 Å². The molecular weight excluding hydrogens is 382 g/mol. The third kappa shape index (κ3) is 8.53. The van der Waals surface area contributed by atoms with Gasteiger partial charge in [-0.25, -0.2) is 0 Å². The SMILES string of the molecule is COCCCNC(=O)c1ccc(NCC(=O)Nc2cccc(OCC(C)C)c2)cc1. The maximum Gasteiger partial charge on any atom is 0.251 e. The van der Waals surface area contributed by atoms with Gasteiger partial charge in [-0.15, -0.1) is 0 Å². The highest BCUT2D eigenvalue weighted by atomic mass is 16.5. The number of rotatable bonds is 12. The van der Waals surface area contributed by atoms with E-state index >= 15 is 0 Å². The lowest BCUT2D eigenvalue weighted by Crippen LogP contribution is -2.25. The summed E-state index contributed by atoms with van der Waals surface area (Å²) in [6, 6.07) is 14.3. The summed E-state index contributed by atoms with van der Waals surface area (Å²) in [7, 11) is 1.63. The molecule has 2 aromatic carbocycles. The molecule has 0 aliphatic carbocycles. The van der Waals surface area contributed by atoms with E-state index in [1.165, 1.54) is 0 Å². The van der Waals surface area contributed by atoms with Gasteiger partial charge in [0.2, 0.25) is 5.91 Å². The molecule has 2 aromatic rings. The van der Waals surface area contributed by atoms with E-state index < -0.39 is 0 Å². The molecule has 0 saturated carbocycles. The topological polar surface area (TPSA) is 88.7 Å². The molecule has 0 fully saturated rings. The Morgan fingerprint density at radius 2 is 1.80 bits per heavy atom. The fourth-order valence-electron chi connectivity index (χ4n) is 2.57. The van der Waals surface area contributed by atoms with Crippen molar-refractivity contribution in [2.24, 2.45) is 5.92 Å². The zero-order valence-electron chi connectivity index (χ0n) is 17.9. The fourth-order valence-corrected chi connectivity index (χ4v) is 2.57. The minimum absolute atomic E-state index is 0.111. The molecule has 0 bridgehead atoms. The number of anilines is 2. The first-order valence-corrected chi connectivity index (χ1v) is 10.1. The molecule has 0 aliphatic rings. The summed E-state index contributed by atoms with van der Waals surface area (Å²) in [6.45, 7) is 6.08. The zero-order valence-corrected chi connectivity index (χ0v) is 17.9. The molecule has 0 aliphatic heterocycles. The number of benzene rings is 2. The largest absolute Gasteiger partial charge is 0.493 e. The quantitative estimate of drug-likeness (QED) is 0.463. The van der Waals surface area contributed by atoms with Crippen molar-refractivity contribution in [2.75, 3.05) is 44.0 Å². The van der Waals surface area contributed by atoms with Gasteiger partial charge in [-0.3, -0.25) is 9.59 Å². The molecule has 0 atom stereocenters. The van der Waals surface area contributed by atoms with Crippen molar-refractivity contribution < 1.29 is 19.1 Å². The number of methoxy groups -OCH3 is 1. The Bertz CT molecular complexity index is 806. The molecule has 0 spiro atoms. The second kappa shape index (κ2) is 12.5. The van der Waals surface area contributed by atoms with Gasteiger partial charge in [0, 0.05) is 43.3 Å². The molecular formula is C23H31N3O4. The van der Waals surface area contributed by atoms with Crippen molar-refractivity contribution in [3.63, 3.8) is 0 Å². The fraction of sp³-hybridized carbons (Fsp3) is 0.391. The molecule has 2 amide bonds. The normalized spacial score (nSPS) is 10.5. The Balaban J connectivity index is 1.78. The first-order valence-electron chi connectivity index (χ1n) is 10.1. The number of hydrogen-bond acceptors (Lipinski definition) is 5. The Morgan fingerprint density at radius 3 is 2.50 bits per heavy atom. The van der Waals surface area contributed by atoms with Crippen molar-refractivity contribution in [2.45, 2.75) is 20.3 Å². The Morgan fingerprint density at radius 1 is 1.03 bits per heavy atom. The van der Waals surface area contributed by atoms with Crippen molar-refractivity contribution in [3.05, 3.63) is 54.1 Å². The third-order valence-corrected chi connectivity index (χ3v) is 4.11. The van der Waals surface area contributed by atoms with Crippen LogP contribution in [0.5, 0.6) is 5.75 Å². The van der Waals surface area contributed by atoms with Crippen LogP contribution in [0, 0.1) is 5.92 Å². The Kier molecular flexibility index (Phi) is 9.67. The van der Waals surface area contributed by atoms with Gasteiger partial charge in [-0.05, 0) is 48.7 Å². The number of nitrogens with one attached hydrogen (secondary N) is 3. The molecule has 0 heterocycles. The van der Waals surface area contributed by atoms with Crippen LogP contribution >= 0.6 is 0 Å². The van der Waals surface area contributed by atoms with Crippen LogP contribution in [0.4, 0.5) is 11.4 Å². The summed E-state index contributed by atoms with van der Waals surface area (Å²) in [5, 5.41) is 8.74. The van der Waals surface area contributed by atoms with Gasteiger partial charge < -0.3 is 25.4 Å². The second-order valence-electron chi connectivity index (χ2n) is 7.31. The van der Waals surface area contributed by atoms with Crippen molar-refractivity contribution in [3.8, 4) is 5.75 Å². The summed E-state index contributed by atoms with van der Waals surface area (Å²) in [4.78, 5) is 24.3. The standard InChI is InChI=1S/C23H31N3O4/c1-17(2)16-30-21-7-4-6-20(14-21)26-22(27)15-25-19-10-8-18(9-11-19)23(28)24-12-5-13-29-3/h4,6-11,14,17,25H,5,12-13,15-16H2,1-3H3,(H,24,28)(H,26,27). The average Bonchev–Trinajstić information content (AvgIpc) is 2.74. The number of ether oxygens (including phenoxy) is 2. The van der Waals surface area contributed by atoms with Crippen LogP contribution in [0.15, 0.2) is 48.5 Å². The van der Waals surface area contributed by atoms with E-state index in [2.05, 4.69) is 29.8 Å². The molecule has 162 valence electrons. The van der Waals surface area contributed by atoms with Crippen molar-refractivity contribution >= 4 is 23.2 Å². The number of amides is 2. The third-order valence-electron chi connectivity index (χ3n) is 4.11. The second-order valence-corrected chi connectivity index (χ2v) is 7.31. The van der Waals surface area contributed by atoms with E-state index in [9.17, 15) is 9.59 Å². The number of carbonyl (C=O) groups excluding carboxylic acids is 2. The number of hydrogen-bond donors (Lipinski definition) is 3.